The Morgan fingerprint density at radius 1 is 1.30 bits per heavy atom. The standard InChI is InChI=1S/C18H20ClNO2S/c1-4-16(22-13-9-10-14(19)12(2)11-13)18(21)20-15-7-5-6-8-17(15)23-3/h5-11,16H,4H2,1-3H3,(H,20,21)/t16-/m0/s1. The molecule has 0 aliphatic heterocycles. The number of rotatable bonds is 6. The SMILES string of the molecule is CC[C@H](Oc1ccc(Cl)c(C)c1)C(=O)Nc1ccccc1SC. The van der Waals surface area contributed by atoms with E-state index in [0.29, 0.717) is 17.2 Å². The van der Waals surface area contributed by atoms with Gasteiger partial charge in [-0.15, -0.1) is 11.8 Å². The summed E-state index contributed by atoms with van der Waals surface area (Å²) in [6.07, 6.45) is 2.01. The molecule has 2 aromatic carbocycles. The highest BCUT2D eigenvalue weighted by atomic mass is 35.5. The molecule has 1 amide bonds. The molecule has 0 aromatic heterocycles. The number of benzene rings is 2. The van der Waals surface area contributed by atoms with E-state index in [2.05, 4.69) is 5.32 Å². The van der Waals surface area contributed by atoms with Crippen molar-refractivity contribution in [2.75, 3.05) is 11.6 Å². The topological polar surface area (TPSA) is 38.3 Å². The highest BCUT2D eigenvalue weighted by molar-refractivity contribution is 7.98. The molecule has 122 valence electrons. The number of para-hydroxylation sites is 1. The van der Waals surface area contributed by atoms with Crippen LogP contribution in [0, 0.1) is 6.92 Å². The second-order valence-electron chi connectivity index (χ2n) is 5.12. The Balaban J connectivity index is 2.10. The average Bonchev–Trinajstić information content (AvgIpc) is 2.56. The first kappa shape index (κ1) is 17.7. The van der Waals surface area contributed by atoms with Crippen molar-refractivity contribution < 1.29 is 9.53 Å². The monoisotopic (exact) mass is 349 g/mol. The third-order valence-corrected chi connectivity index (χ3v) is 4.66. The molecule has 0 saturated heterocycles. The summed E-state index contributed by atoms with van der Waals surface area (Å²) in [5.74, 6) is 0.494. The van der Waals surface area contributed by atoms with Crippen LogP contribution < -0.4 is 10.1 Å². The Kier molecular flexibility index (Phi) is 6.37. The molecule has 0 aliphatic rings. The van der Waals surface area contributed by atoms with Gasteiger partial charge in [-0.05, 0) is 55.5 Å². The van der Waals surface area contributed by atoms with Crippen LogP contribution in [0.4, 0.5) is 5.69 Å². The number of hydrogen-bond acceptors (Lipinski definition) is 3. The maximum absolute atomic E-state index is 12.5. The molecule has 0 saturated carbocycles. The lowest BCUT2D eigenvalue weighted by Crippen LogP contribution is -2.32. The van der Waals surface area contributed by atoms with Crippen LogP contribution in [0.3, 0.4) is 0 Å². The number of carbonyl (C=O) groups excluding carboxylic acids is 1. The number of amides is 1. The van der Waals surface area contributed by atoms with Crippen molar-refractivity contribution in [1.82, 2.24) is 0 Å². The van der Waals surface area contributed by atoms with Gasteiger partial charge in [-0.1, -0.05) is 30.7 Å². The minimum Gasteiger partial charge on any atom is -0.481 e. The number of halogens is 1. The van der Waals surface area contributed by atoms with E-state index in [9.17, 15) is 4.79 Å². The summed E-state index contributed by atoms with van der Waals surface area (Å²) in [5, 5.41) is 3.63. The van der Waals surface area contributed by atoms with Crippen LogP contribution in [-0.4, -0.2) is 18.3 Å². The van der Waals surface area contributed by atoms with Crippen LogP contribution >= 0.6 is 23.4 Å². The molecule has 2 aromatic rings. The fourth-order valence-electron chi connectivity index (χ4n) is 2.14. The fraction of sp³-hybridized carbons (Fsp3) is 0.278. The van der Waals surface area contributed by atoms with Gasteiger partial charge in [-0.25, -0.2) is 0 Å². The molecule has 23 heavy (non-hydrogen) atoms. The van der Waals surface area contributed by atoms with Crippen molar-refractivity contribution >= 4 is 35.0 Å². The van der Waals surface area contributed by atoms with E-state index in [-0.39, 0.29) is 5.91 Å². The van der Waals surface area contributed by atoms with Crippen molar-refractivity contribution in [3.63, 3.8) is 0 Å². The minimum absolute atomic E-state index is 0.151. The third kappa shape index (κ3) is 4.66. The molecular formula is C18H20ClNO2S. The van der Waals surface area contributed by atoms with E-state index in [0.717, 1.165) is 16.1 Å². The lowest BCUT2D eigenvalue weighted by molar-refractivity contribution is -0.122. The number of carbonyl (C=O) groups is 1. The second kappa shape index (κ2) is 8.27. The number of hydrogen-bond donors (Lipinski definition) is 1. The summed E-state index contributed by atoms with van der Waals surface area (Å²) in [7, 11) is 0. The Hall–Kier alpha value is -1.65. The molecule has 3 nitrogen and oxygen atoms in total. The van der Waals surface area contributed by atoms with Gasteiger partial charge in [-0.3, -0.25) is 4.79 Å². The molecule has 2 rings (SSSR count). The van der Waals surface area contributed by atoms with Gasteiger partial charge < -0.3 is 10.1 Å². The van der Waals surface area contributed by atoms with E-state index in [1.54, 1.807) is 23.9 Å². The normalized spacial score (nSPS) is 11.8. The number of thioether (sulfide) groups is 1. The van der Waals surface area contributed by atoms with E-state index in [1.165, 1.54) is 0 Å². The van der Waals surface area contributed by atoms with E-state index in [4.69, 9.17) is 16.3 Å². The van der Waals surface area contributed by atoms with Gasteiger partial charge in [0, 0.05) is 9.92 Å². The Labute approximate surface area is 146 Å². The first-order valence-electron chi connectivity index (χ1n) is 7.41. The number of aryl methyl sites for hydroxylation is 1. The highest BCUT2D eigenvalue weighted by Crippen LogP contribution is 2.26. The third-order valence-electron chi connectivity index (χ3n) is 3.44. The summed E-state index contributed by atoms with van der Waals surface area (Å²) in [4.78, 5) is 13.5. The molecular weight excluding hydrogens is 330 g/mol. The molecule has 0 bridgehead atoms. The molecule has 0 radical (unpaired) electrons. The van der Waals surface area contributed by atoms with Gasteiger partial charge in [0.25, 0.3) is 5.91 Å². The quantitative estimate of drug-likeness (QED) is 0.731. The predicted octanol–water partition coefficient (Wildman–Crippen LogP) is 5.17. The van der Waals surface area contributed by atoms with Crippen LogP contribution in [0.15, 0.2) is 47.4 Å². The highest BCUT2D eigenvalue weighted by Gasteiger charge is 2.19. The molecule has 0 spiro atoms. The van der Waals surface area contributed by atoms with Crippen LogP contribution in [-0.2, 0) is 4.79 Å². The van der Waals surface area contributed by atoms with Crippen LogP contribution in [0.25, 0.3) is 0 Å². The Morgan fingerprint density at radius 2 is 2.04 bits per heavy atom. The zero-order chi connectivity index (χ0) is 16.8. The van der Waals surface area contributed by atoms with Crippen molar-refractivity contribution in [3.05, 3.63) is 53.1 Å². The molecule has 5 heteroatoms. The largest absolute Gasteiger partial charge is 0.481 e. The number of anilines is 1. The van der Waals surface area contributed by atoms with Crippen molar-refractivity contribution in [3.8, 4) is 5.75 Å². The maximum atomic E-state index is 12.5. The van der Waals surface area contributed by atoms with Crippen LogP contribution in [0.2, 0.25) is 5.02 Å². The minimum atomic E-state index is -0.550. The molecule has 0 aliphatic carbocycles. The van der Waals surface area contributed by atoms with Gasteiger partial charge in [0.2, 0.25) is 0 Å². The maximum Gasteiger partial charge on any atom is 0.265 e. The summed E-state index contributed by atoms with van der Waals surface area (Å²) in [6, 6.07) is 13.1. The summed E-state index contributed by atoms with van der Waals surface area (Å²) in [5.41, 5.74) is 1.73. The number of ether oxygens (including phenoxy) is 1. The van der Waals surface area contributed by atoms with Gasteiger partial charge in [-0.2, -0.15) is 0 Å². The molecule has 1 N–H and O–H groups in total. The molecule has 1 atom stereocenters. The van der Waals surface area contributed by atoms with E-state index >= 15 is 0 Å². The Morgan fingerprint density at radius 3 is 2.70 bits per heavy atom. The first-order chi connectivity index (χ1) is 11.0. The summed E-state index contributed by atoms with van der Waals surface area (Å²) in [6.45, 7) is 3.83. The molecule has 0 heterocycles. The van der Waals surface area contributed by atoms with Gasteiger partial charge in [0.05, 0.1) is 5.69 Å². The number of nitrogens with one attached hydrogen (secondary N) is 1. The van der Waals surface area contributed by atoms with E-state index < -0.39 is 6.10 Å². The smallest absolute Gasteiger partial charge is 0.265 e. The lowest BCUT2D eigenvalue weighted by atomic mass is 10.2. The van der Waals surface area contributed by atoms with E-state index in [1.807, 2.05) is 50.4 Å². The van der Waals surface area contributed by atoms with Gasteiger partial charge in [0.1, 0.15) is 5.75 Å². The van der Waals surface area contributed by atoms with Crippen molar-refractivity contribution in [1.29, 1.82) is 0 Å². The zero-order valence-electron chi connectivity index (χ0n) is 13.4. The van der Waals surface area contributed by atoms with Crippen molar-refractivity contribution in [2.45, 2.75) is 31.3 Å². The molecule has 0 fully saturated rings. The van der Waals surface area contributed by atoms with Gasteiger partial charge in [0.15, 0.2) is 6.10 Å². The Bertz CT molecular complexity index is 690. The van der Waals surface area contributed by atoms with Crippen molar-refractivity contribution in [2.24, 2.45) is 0 Å². The fourth-order valence-corrected chi connectivity index (χ4v) is 2.81. The lowest BCUT2D eigenvalue weighted by Gasteiger charge is -2.18. The summed E-state index contributed by atoms with van der Waals surface area (Å²) >= 11 is 7.61. The average molecular weight is 350 g/mol. The first-order valence-corrected chi connectivity index (χ1v) is 9.02. The van der Waals surface area contributed by atoms with Crippen LogP contribution in [0.5, 0.6) is 5.75 Å². The zero-order valence-corrected chi connectivity index (χ0v) is 15.0. The molecule has 0 unspecified atom stereocenters. The summed E-state index contributed by atoms with van der Waals surface area (Å²) < 4.78 is 5.83. The predicted molar refractivity (Wildman–Crippen MR) is 97.7 cm³/mol. The second-order valence-corrected chi connectivity index (χ2v) is 6.37. The van der Waals surface area contributed by atoms with Crippen LogP contribution in [0.1, 0.15) is 18.9 Å². The van der Waals surface area contributed by atoms with Gasteiger partial charge >= 0.3 is 0 Å².